The van der Waals surface area contributed by atoms with Crippen molar-refractivity contribution in [3.63, 3.8) is 0 Å². The fourth-order valence-electron chi connectivity index (χ4n) is 2.41. The molecule has 1 rings (SSSR count). The van der Waals surface area contributed by atoms with Crippen LogP contribution in [0.4, 0.5) is 0 Å². The van der Waals surface area contributed by atoms with Gasteiger partial charge in [0, 0.05) is 6.54 Å². The van der Waals surface area contributed by atoms with Crippen molar-refractivity contribution in [2.24, 2.45) is 5.41 Å². The summed E-state index contributed by atoms with van der Waals surface area (Å²) in [5, 5.41) is 13.0. The van der Waals surface area contributed by atoms with Gasteiger partial charge < -0.3 is 15.2 Å². The highest BCUT2D eigenvalue weighted by Gasteiger charge is 2.44. The number of esters is 1. The van der Waals surface area contributed by atoms with Crippen molar-refractivity contribution in [2.45, 2.75) is 38.7 Å². The Hall–Kier alpha value is -0.610. The molecule has 0 aliphatic carbocycles. The van der Waals surface area contributed by atoms with Crippen LogP contribution in [-0.2, 0) is 9.53 Å². The van der Waals surface area contributed by atoms with E-state index in [0.717, 1.165) is 19.4 Å². The van der Waals surface area contributed by atoms with Crippen LogP contribution in [0.3, 0.4) is 0 Å². The number of carbonyl (C=O) groups excluding carboxylic acids is 1. The smallest absolute Gasteiger partial charge is 0.313 e. The average molecular weight is 215 g/mol. The van der Waals surface area contributed by atoms with Gasteiger partial charge in [-0.05, 0) is 39.7 Å². The Kier molecular flexibility index (Phi) is 3.73. The van der Waals surface area contributed by atoms with E-state index in [-0.39, 0.29) is 5.97 Å². The molecule has 0 saturated carbocycles. The van der Waals surface area contributed by atoms with E-state index in [1.54, 1.807) is 13.8 Å². The van der Waals surface area contributed by atoms with E-state index in [1.807, 2.05) is 0 Å². The summed E-state index contributed by atoms with van der Waals surface area (Å²) in [6.07, 6.45) is 2.18. The average Bonchev–Trinajstić information content (AvgIpc) is 2.15. The highest BCUT2D eigenvalue weighted by molar-refractivity contribution is 5.77. The van der Waals surface area contributed by atoms with Crippen molar-refractivity contribution in [1.82, 2.24) is 5.32 Å². The molecule has 1 heterocycles. The first-order valence-electron chi connectivity index (χ1n) is 5.41. The van der Waals surface area contributed by atoms with Crippen LogP contribution in [0.5, 0.6) is 0 Å². The summed E-state index contributed by atoms with van der Waals surface area (Å²) < 4.78 is 4.85. The maximum Gasteiger partial charge on any atom is 0.313 e. The molecule has 4 nitrogen and oxygen atoms in total. The summed E-state index contributed by atoms with van der Waals surface area (Å²) >= 11 is 0. The fraction of sp³-hybridized carbons (Fsp3) is 0.909. The van der Waals surface area contributed by atoms with Gasteiger partial charge in [-0.25, -0.2) is 0 Å². The van der Waals surface area contributed by atoms with Gasteiger partial charge in [-0.3, -0.25) is 4.79 Å². The molecule has 0 amide bonds. The lowest BCUT2D eigenvalue weighted by atomic mass is 9.73. The minimum absolute atomic E-state index is 0.211. The van der Waals surface area contributed by atoms with Gasteiger partial charge in [-0.2, -0.15) is 0 Å². The van der Waals surface area contributed by atoms with Crippen molar-refractivity contribution >= 4 is 5.97 Å². The third kappa shape index (κ3) is 3.18. The second-order valence-electron chi connectivity index (χ2n) is 5.04. The van der Waals surface area contributed by atoms with E-state index in [4.69, 9.17) is 4.74 Å². The van der Waals surface area contributed by atoms with Crippen molar-refractivity contribution in [3.8, 4) is 0 Å². The molecule has 4 heteroatoms. The highest BCUT2D eigenvalue weighted by Crippen LogP contribution is 2.36. The standard InChI is InChI=1S/C11H21NO3/c1-10(2,14)7-11(9(13)15-3)5-4-6-12-8-11/h12,14H,4-8H2,1-3H3. The molecule has 2 N–H and O–H groups in total. The van der Waals surface area contributed by atoms with E-state index in [9.17, 15) is 9.90 Å². The van der Waals surface area contributed by atoms with Crippen LogP contribution in [0.1, 0.15) is 33.1 Å². The van der Waals surface area contributed by atoms with Gasteiger partial charge in [0.05, 0.1) is 18.1 Å². The predicted octanol–water partition coefficient (Wildman–Crippen LogP) is 0.690. The minimum Gasteiger partial charge on any atom is -0.469 e. The van der Waals surface area contributed by atoms with Crippen LogP contribution in [0.25, 0.3) is 0 Å². The summed E-state index contributed by atoms with van der Waals surface area (Å²) in [5.74, 6) is -0.211. The molecule has 0 aromatic heterocycles. The normalized spacial score (nSPS) is 27.5. The van der Waals surface area contributed by atoms with Crippen LogP contribution in [-0.4, -0.2) is 36.9 Å². The van der Waals surface area contributed by atoms with Gasteiger partial charge in [-0.1, -0.05) is 0 Å². The fourth-order valence-corrected chi connectivity index (χ4v) is 2.41. The molecule has 1 atom stereocenters. The number of nitrogens with one attached hydrogen (secondary N) is 1. The SMILES string of the molecule is COC(=O)C1(CC(C)(C)O)CCCNC1. The minimum atomic E-state index is -0.840. The number of ether oxygens (including phenoxy) is 1. The van der Waals surface area contributed by atoms with Crippen molar-refractivity contribution in [2.75, 3.05) is 20.2 Å². The van der Waals surface area contributed by atoms with Crippen molar-refractivity contribution < 1.29 is 14.6 Å². The van der Waals surface area contributed by atoms with Crippen LogP contribution in [0.15, 0.2) is 0 Å². The number of methoxy groups -OCH3 is 1. The maximum absolute atomic E-state index is 11.8. The molecule has 1 fully saturated rings. The summed E-state index contributed by atoms with van der Waals surface area (Å²) in [6.45, 7) is 4.99. The lowest BCUT2D eigenvalue weighted by Gasteiger charge is -2.38. The molecule has 88 valence electrons. The summed E-state index contributed by atoms with van der Waals surface area (Å²) in [7, 11) is 1.41. The summed E-state index contributed by atoms with van der Waals surface area (Å²) in [4.78, 5) is 11.8. The lowest BCUT2D eigenvalue weighted by molar-refractivity contribution is -0.158. The number of piperidine rings is 1. The largest absolute Gasteiger partial charge is 0.469 e. The quantitative estimate of drug-likeness (QED) is 0.680. The number of hydrogen-bond donors (Lipinski definition) is 2. The molecule has 1 aliphatic rings. The van der Waals surface area contributed by atoms with Gasteiger partial charge in [0.25, 0.3) is 0 Å². The van der Waals surface area contributed by atoms with E-state index in [0.29, 0.717) is 13.0 Å². The predicted molar refractivity (Wildman–Crippen MR) is 57.5 cm³/mol. The van der Waals surface area contributed by atoms with Gasteiger partial charge in [0.15, 0.2) is 0 Å². The maximum atomic E-state index is 11.8. The molecule has 1 aliphatic heterocycles. The number of hydrogen-bond acceptors (Lipinski definition) is 4. The van der Waals surface area contributed by atoms with Gasteiger partial charge in [0.1, 0.15) is 0 Å². The van der Waals surface area contributed by atoms with Crippen LogP contribution in [0, 0.1) is 5.41 Å². The first kappa shape index (κ1) is 12.5. The molecule has 1 saturated heterocycles. The lowest BCUT2D eigenvalue weighted by Crippen LogP contribution is -2.49. The molecule has 0 bridgehead atoms. The Morgan fingerprint density at radius 1 is 1.60 bits per heavy atom. The molecule has 1 unspecified atom stereocenters. The van der Waals surface area contributed by atoms with Gasteiger partial charge >= 0.3 is 5.97 Å². The Bertz CT molecular complexity index is 226. The van der Waals surface area contributed by atoms with Gasteiger partial charge in [-0.15, -0.1) is 0 Å². The molecular weight excluding hydrogens is 194 g/mol. The first-order valence-corrected chi connectivity index (χ1v) is 5.41. The molecule has 0 aromatic carbocycles. The zero-order valence-electron chi connectivity index (χ0n) is 9.80. The number of rotatable bonds is 3. The Morgan fingerprint density at radius 3 is 2.67 bits per heavy atom. The van der Waals surface area contributed by atoms with E-state index >= 15 is 0 Å². The third-order valence-electron chi connectivity index (χ3n) is 2.86. The van der Waals surface area contributed by atoms with E-state index in [1.165, 1.54) is 7.11 Å². The number of carbonyl (C=O) groups is 1. The third-order valence-corrected chi connectivity index (χ3v) is 2.86. The number of aliphatic hydroxyl groups is 1. The van der Waals surface area contributed by atoms with Gasteiger partial charge in [0.2, 0.25) is 0 Å². The zero-order chi connectivity index (χ0) is 11.5. The Labute approximate surface area is 91.0 Å². The second kappa shape index (κ2) is 4.49. The first-order chi connectivity index (χ1) is 6.90. The van der Waals surface area contributed by atoms with Crippen LogP contribution in [0.2, 0.25) is 0 Å². The van der Waals surface area contributed by atoms with E-state index in [2.05, 4.69) is 5.32 Å². The van der Waals surface area contributed by atoms with Crippen molar-refractivity contribution in [3.05, 3.63) is 0 Å². The monoisotopic (exact) mass is 215 g/mol. The molecule has 0 aromatic rings. The molecule has 0 spiro atoms. The van der Waals surface area contributed by atoms with E-state index < -0.39 is 11.0 Å². The second-order valence-corrected chi connectivity index (χ2v) is 5.04. The Morgan fingerprint density at radius 2 is 2.27 bits per heavy atom. The summed E-state index contributed by atoms with van der Waals surface area (Å²) in [6, 6.07) is 0. The molecule has 15 heavy (non-hydrogen) atoms. The van der Waals surface area contributed by atoms with Crippen molar-refractivity contribution in [1.29, 1.82) is 0 Å². The molecular formula is C11H21NO3. The van der Waals surface area contributed by atoms with Crippen LogP contribution < -0.4 is 5.32 Å². The zero-order valence-corrected chi connectivity index (χ0v) is 9.80. The van der Waals surface area contributed by atoms with Crippen LogP contribution >= 0.6 is 0 Å². The summed E-state index contributed by atoms with van der Waals surface area (Å²) in [5.41, 5.74) is -1.39. The topological polar surface area (TPSA) is 58.6 Å². The molecule has 0 radical (unpaired) electrons. The highest BCUT2D eigenvalue weighted by atomic mass is 16.5. The Balaban J connectivity index is 2.80.